The third kappa shape index (κ3) is 7.36. The first kappa shape index (κ1) is 12.0. The van der Waals surface area contributed by atoms with Crippen molar-refractivity contribution < 1.29 is 13.2 Å². The highest BCUT2D eigenvalue weighted by atomic mass is 19.4. The number of nitrogens with zero attached hydrogens (tertiary/aromatic N) is 1. The van der Waals surface area contributed by atoms with Gasteiger partial charge in [-0.15, -0.1) is 0 Å². The number of rotatable bonds is 3. The molecule has 2 nitrogen and oxygen atoms in total. The van der Waals surface area contributed by atoms with Crippen molar-refractivity contribution in [2.75, 3.05) is 7.05 Å². The summed E-state index contributed by atoms with van der Waals surface area (Å²) in [4.78, 5) is 3.75. The van der Waals surface area contributed by atoms with Gasteiger partial charge in [-0.1, -0.05) is 0 Å². The molecule has 76 valence electrons. The Morgan fingerprint density at radius 1 is 1.46 bits per heavy atom. The van der Waals surface area contributed by atoms with Gasteiger partial charge in [-0.3, -0.25) is 4.99 Å². The predicted molar refractivity (Wildman–Crippen MR) is 46.6 cm³/mol. The lowest BCUT2D eigenvalue weighted by atomic mass is 10.2. The minimum atomic E-state index is -4.14. The average Bonchev–Trinajstić information content (AvgIpc) is 1.99. The fourth-order valence-corrected chi connectivity index (χ4v) is 0.691. The maximum atomic E-state index is 11.7. The molecule has 0 aromatic rings. The van der Waals surface area contributed by atoms with E-state index in [0.717, 1.165) is 0 Å². The Morgan fingerprint density at radius 3 is 2.38 bits per heavy atom. The van der Waals surface area contributed by atoms with Gasteiger partial charge in [0.2, 0.25) is 0 Å². The molecular formula is C8H13F3N2. The Balaban J connectivity index is 4.02. The Morgan fingerprint density at radius 2 is 2.00 bits per heavy atom. The number of aliphatic imine (C=N–C) groups is 1. The SMILES string of the molecule is CN=C(C)C=C(N)CCC(F)(F)F. The predicted octanol–water partition coefficient (Wildman–Crippen LogP) is 2.26. The summed E-state index contributed by atoms with van der Waals surface area (Å²) in [6, 6.07) is 0. The minimum absolute atomic E-state index is 0.170. The Hall–Kier alpha value is -1.00. The van der Waals surface area contributed by atoms with E-state index in [1.54, 1.807) is 14.0 Å². The lowest BCUT2D eigenvalue weighted by Crippen LogP contribution is -2.10. The first-order valence-electron chi connectivity index (χ1n) is 3.81. The smallest absolute Gasteiger partial charge is 0.389 e. The van der Waals surface area contributed by atoms with Crippen LogP contribution in [0, 0.1) is 0 Å². The van der Waals surface area contributed by atoms with Gasteiger partial charge in [0, 0.05) is 24.9 Å². The summed E-state index contributed by atoms with van der Waals surface area (Å²) in [7, 11) is 1.56. The molecule has 0 bridgehead atoms. The quantitative estimate of drug-likeness (QED) is 0.687. The van der Waals surface area contributed by atoms with Crippen LogP contribution in [0.1, 0.15) is 19.8 Å². The molecule has 13 heavy (non-hydrogen) atoms. The summed E-state index contributed by atoms with van der Waals surface area (Å²) >= 11 is 0. The van der Waals surface area contributed by atoms with E-state index < -0.39 is 12.6 Å². The Labute approximate surface area is 75.3 Å². The summed E-state index contributed by atoms with van der Waals surface area (Å²) in [5.41, 5.74) is 6.17. The zero-order valence-electron chi connectivity index (χ0n) is 7.65. The fraction of sp³-hybridized carbons (Fsp3) is 0.625. The van der Waals surface area contributed by atoms with Gasteiger partial charge in [0.1, 0.15) is 0 Å². The highest BCUT2D eigenvalue weighted by molar-refractivity contribution is 5.93. The van der Waals surface area contributed by atoms with Gasteiger partial charge in [0.25, 0.3) is 0 Å². The number of allylic oxidation sites excluding steroid dienone is 2. The molecule has 0 aliphatic carbocycles. The van der Waals surface area contributed by atoms with Crippen LogP contribution < -0.4 is 5.73 Å². The molecule has 0 aromatic carbocycles. The second-order valence-corrected chi connectivity index (χ2v) is 2.70. The topological polar surface area (TPSA) is 38.4 Å². The number of alkyl halides is 3. The van der Waals surface area contributed by atoms with E-state index in [1.165, 1.54) is 6.08 Å². The van der Waals surface area contributed by atoms with Gasteiger partial charge in [-0.05, 0) is 19.4 Å². The van der Waals surface area contributed by atoms with Crippen LogP contribution >= 0.6 is 0 Å². The second kappa shape index (κ2) is 4.89. The second-order valence-electron chi connectivity index (χ2n) is 2.70. The molecular weight excluding hydrogens is 181 g/mol. The van der Waals surface area contributed by atoms with Gasteiger partial charge in [-0.2, -0.15) is 13.2 Å². The third-order valence-electron chi connectivity index (χ3n) is 1.44. The van der Waals surface area contributed by atoms with E-state index in [4.69, 9.17) is 5.73 Å². The van der Waals surface area contributed by atoms with Crippen molar-refractivity contribution in [2.45, 2.75) is 25.9 Å². The molecule has 0 unspecified atom stereocenters. The van der Waals surface area contributed by atoms with Crippen molar-refractivity contribution in [1.29, 1.82) is 0 Å². The van der Waals surface area contributed by atoms with E-state index in [2.05, 4.69) is 4.99 Å². The monoisotopic (exact) mass is 194 g/mol. The molecule has 0 saturated carbocycles. The van der Waals surface area contributed by atoms with E-state index >= 15 is 0 Å². The molecule has 0 atom stereocenters. The van der Waals surface area contributed by atoms with Crippen molar-refractivity contribution in [3.05, 3.63) is 11.8 Å². The molecule has 0 aliphatic heterocycles. The molecule has 0 saturated heterocycles. The summed E-state index contributed by atoms with van der Waals surface area (Å²) < 4.78 is 35.2. The molecule has 0 fully saturated rings. The zero-order valence-corrected chi connectivity index (χ0v) is 7.65. The van der Waals surface area contributed by atoms with E-state index in [1.807, 2.05) is 0 Å². The van der Waals surface area contributed by atoms with Crippen LogP contribution in [-0.2, 0) is 0 Å². The van der Waals surface area contributed by atoms with E-state index in [-0.39, 0.29) is 12.1 Å². The number of hydrogen-bond donors (Lipinski definition) is 1. The lowest BCUT2D eigenvalue weighted by Gasteiger charge is -2.05. The first-order valence-corrected chi connectivity index (χ1v) is 3.81. The van der Waals surface area contributed by atoms with E-state index in [9.17, 15) is 13.2 Å². The van der Waals surface area contributed by atoms with Crippen LogP contribution in [0.15, 0.2) is 16.8 Å². The normalized spacial score (nSPS) is 14.8. The summed E-state index contributed by atoms with van der Waals surface area (Å²) in [5.74, 6) is 0. The van der Waals surface area contributed by atoms with Crippen molar-refractivity contribution >= 4 is 5.71 Å². The van der Waals surface area contributed by atoms with Crippen molar-refractivity contribution in [2.24, 2.45) is 10.7 Å². The molecule has 0 radical (unpaired) electrons. The van der Waals surface area contributed by atoms with Gasteiger partial charge in [-0.25, -0.2) is 0 Å². The highest BCUT2D eigenvalue weighted by Gasteiger charge is 2.26. The van der Waals surface area contributed by atoms with Gasteiger partial charge in [0.05, 0.1) is 0 Å². The molecule has 0 amide bonds. The van der Waals surface area contributed by atoms with Crippen molar-refractivity contribution in [1.82, 2.24) is 0 Å². The molecule has 0 rings (SSSR count). The standard InChI is InChI=1S/C8H13F3N2/c1-6(13-2)5-7(12)3-4-8(9,10)11/h5H,3-4,12H2,1-2H3. The Bertz CT molecular complexity index is 216. The van der Waals surface area contributed by atoms with Crippen LogP contribution in [0.2, 0.25) is 0 Å². The number of hydrogen-bond acceptors (Lipinski definition) is 2. The van der Waals surface area contributed by atoms with Crippen LogP contribution in [0.5, 0.6) is 0 Å². The lowest BCUT2D eigenvalue weighted by molar-refractivity contribution is -0.134. The van der Waals surface area contributed by atoms with Crippen LogP contribution in [0.25, 0.3) is 0 Å². The highest BCUT2D eigenvalue weighted by Crippen LogP contribution is 2.22. The van der Waals surface area contributed by atoms with Crippen LogP contribution in [0.4, 0.5) is 13.2 Å². The number of nitrogens with two attached hydrogens (primary N) is 1. The van der Waals surface area contributed by atoms with Crippen molar-refractivity contribution in [3.8, 4) is 0 Å². The van der Waals surface area contributed by atoms with Crippen molar-refractivity contribution in [3.63, 3.8) is 0 Å². The Kier molecular flexibility index (Phi) is 4.51. The largest absolute Gasteiger partial charge is 0.402 e. The minimum Gasteiger partial charge on any atom is -0.402 e. The fourth-order valence-electron chi connectivity index (χ4n) is 0.691. The van der Waals surface area contributed by atoms with Crippen LogP contribution in [0.3, 0.4) is 0 Å². The average molecular weight is 194 g/mol. The molecule has 0 heterocycles. The van der Waals surface area contributed by atoms with Gasteiger partial charge < -0.3 is 5.73 Å². The molecule has 0 aromatic heterocycles. The summed E-state index contributed by atoms with van der Waals surface area (Å²) in [6.45, 7) is 1.68. The molecule has 0 spiro atoms. The van der Waals surface area contributed by atoms with Crippen LogP contribution in [-0.4, -0.2) is 18.9 Å². The molecule has 5 heteroatoms. The van der Waals surface area contributed by atoms with E-state index in [0.29, 0.717) is 5.71 Å². The third-order valence-corrected chi connectivity index (χ3v) is 1.44. The molecule has 0 aliphatic rings. The zero-order chi connectivity index (χ0) is 10.5. The summed E-state index contributed by atoms with van der Waals surface area (Å²) in [5, 5.41) is 0. The first-order chi connectivity index (χ1) is 5.85. The van der Waals surface area contributed by atoms with Gasteiger partial charge >= 0.3 is 6.18 Å². The summed E-state index contributed by atoms with van der Waals surface area (Å²) in [6.07, 6.45) is -3.75. The number of halogens is 3. The maximum Gasteiger partial charge on any atom is 0.389 e. The maximum absolute atomic E-state index is 11.7. The van der Waals surface area contributed by atoms with Gasteiger partial charge in [0.15, 0.2) is 0 Å². The molecule has 2 N–H and O–H groups in total.